The van der Waals surface area contributed by atoms with Crippen molar-refractivity contribution in [3.63, 3.8) is 0 Å². The van der Waals surface area contributed by atoms with E-state index in [1.54, 1.807) is 11.6 Å². The van der Waals surface area contributed by atoms with E-state index in [1.807, 2.05) is 24.3 Å². The zero-order valence-electron chi connectivity index (χ0n) is 16.5. The summed E-state index contributed by atoms with van der Waals surface area (Å²) in [6.45, 7) is 9.32. The van der Waals surface area contributed by atoms with E-state index in [1.165, 1.54) is 30.0 Å². The van der Waals surface area contributed by atoms with Gasteiger partial charge in [0.15, 0.2) is 0 Å². The van der Waals surface area contributed by atoms with E-state index in [-0.39, 0.29) is 10.8 Å². The fraction of sp³-hybridized carbons (Fsp3) is 0.348. The van der Waals surface area contributed by atoms with Gasteiger partial charge < -0.3 is 5.32 Å². The van der Waals surface area contributed by atoms with Crippen molar-refractivity contribution in [2.24, 2.45) is 0 Å². The summed E-state index contributed by atoms with van der Waals surface area (Å²) >= 11 is 0. The van der Waals surface area contributed by atoms with Gasteiger partial charge in [0, 0.05) is 17.5 Å². The van der Waals surface area contributed by atoms with Crippen LogP contribution in [0.1, 0.15) is 57.2 Å². The first-order valence-corrected chi connectivity index (χ1v) is 9.35. The number of hydrogen-bond acceptors (Lipinski definition) is 3. The maximum Gasteiger partial charge on any atom is 0.267 e. The average molecular weight is 364 g/mol. The summed E-state index contributed by atoms with van der Waals surface area (Å²) in [6, 6.07) is 14.5. The van der Waals surface area contributed by atoms with E-state index in [2.05, 4.69) is 51.2 Å². The summed E-state index contributed by atoms with van der Waals surface area (Å²) < 4.78 is 0. The molecular formula is C23H28N2O2. The molecule has 0 aliphatic heterocycles. The molecule has 0 bridgehead atoms. The van der Waals surface area contributed by atoms with Crippen LogP contribution >= 0.6 is 0 Å². The molecular weight excluding hydrogens is 336 g/mol. The van der Waals surface area contributed by atoms with Crippen LogP contribution in [0.2, 0.25) is 0 Å². The molecule has 0 saturated heterocycles. The van der Waals surface area contributed by atoms with Crippen molar-refractivity contribution in [2.75, 3.05) is 5.32 Å². The molecule has 0 radical (unpaired) electrons. The molecule has 0 atom stereocenters. The second kappa shape index (κ2) is 7.20. The van der Waals surface area contributed by atoms with Crippen molar-refractivity contribution in [1.82, 2.24) is 5.48 Å². The average Bonchev–Trinajstić information content (AvgIpc) is 2.65. The Bertz CT molecular complexity index is 864. The number of hydrogen-bond donors (Lipinski definition) is 3. The fourth-order valence-electron chi connectivity index (χ4n) is 3.72. The lowest BCUT2D eigenvalue weighted by Gasteiger charge is -2.42. The van der Waals surface area contributed by atoms with Gasteiger partial charge in [-0.25, -0.2) is 5.48 Å². The Morgan fingerprint density at radius 2 is 1.52 bits per heavy atom. The Hall–Kier alpha value is -2.59. The van der Waals surface area contributed by atoms with Crippen molar-refractivity contribution in [3.8, 4) is 0 Å². The van der Waals surface area contributed by atoms with Crippen LogP contribution in [0.4, 0.5) is 11.4 Å². The number of nitrogens with one attached hydrogen (secondary N) is 2. The van der Waals surface area contributed by atoms with E-state index < -0.39 is 5.91 Å². The number of hydroxylamine groups is 1. The molecule has 4 nitrogen and oxygen atoms in total. The summed E-state index contributed by atoms with van der Waals surface area (Å²) in [6.07, 6.45) is 5.34. The number of carbonyl (C=O) groups excluding carboxylic acids is 1. The summed E-state index contributed by atoms with van der Waals surface area (Å²) in [7, 11) is 0. The molecule has 0 fully saturated rings. The number of fused-ring (bicyclic) bond motifs is 1. The minimum Gasteiger partial charge on any atom is -0.356 e. The SMILES string of the molecule is CC1(C)CCC(C)(C)c2cc(Nc3ccc(/C=C/C(=O)NO)cc3)ccc21. The fourth-order valence-corrected chi connectivity index (χ4v) is 3.72. The highest BCUT2D eigenvalue weighted by atomic mass is 16.5. The number of carbonyl (C=O) groups is 1. The maximum atomic E-state index is 11.0. The Balaban J connectivity index is 1.81. The van der Waals surface area contributed by atoms with Crippen LogP contribution in [0.15, 0.2) is 48.5 Å². The lowest BCUT2D eigenvalue weighted by molar-refractivity contribution is -0.124. The molecule has 2 aromatic carbocycles. The van der Waals surface area contributed by atoms with Gasteiger partial charge in [-0.3, -0.25) is 10.0 Å². The van der Waals surface area contributed by atoms with Gasteiger partial charge in [-0.05, 0) is 70.7 Å². The van der Waals surface area contributed by atoms with Crippen LogP contribution in [0, 0.1) is 0 Å². The zero-order valence-corrected chi connectivity index (χ0v) is 16.5. The topological polar surface area (TPSA) is 61.4 Å². The summed E-state index contributed by atoms with van der Waals surface area (Å²) in [5.74, 6) is -0.545. The largest absolute Gasteiger partial charge is 0.356 e. The number of anilines is 2. The summed E-state index contributed by atoms with van der Waals surface area (Å²) in [5.41, 5.74) is 7.83. The van der Waals surface area contributed by atoms with Gasteiger partial charge in [0.25, 0.3) is 5.91 Å². The second-order valence-corrected chi connectivity index (χ2v) is 8.58. The molecule has 0 spiro atoms. The van der Waals surface area contributed by atoms with Gasteiger partial charge in [-0.15, -0.1) is 0 Å². The standard InChI is InChI=1S/C23H28N2O2/c1-22(2)13-14-23(3,4)20-15-18(10-11-19(20)22)24-17-8-5-16(6-9-17)7-12-21(26)25-27/h5-12,15,24,27H,13-14H2,1-4H3,(H,25,26)/b12-7+. The molecule has 0 saturated carbocycles. The highest BCUT2D eigenvalue weighted by molar-refractivity contribution is 5.90. The molecule has 1 aliphatic rings. The van der Waals surface area contributed by atoms with Gasteiger partial charge in [0.1, 0.15) is 0 Å². The number of amides is 1. The predicted octanol–water partition coefficient (Wildman–Crippen LogP) is 5.30. The zero-order chi connectivity index (χ0) is 19.7. The lowest BCUT2D eigenvalue weighted by atomic mass is 9.63. The Morgan fingerprint density at radius 3 is 2.15 bits per heavy atom. The van der Waals surface area contributed by atoms with Gasteiger partial charge in [-0.2, -0.15) is 0 Å². The first-order valence-electron chi connectivity index (χ1n) is 9.35. The third kappa shape index (κ3) is 4.22. The Morgan fingerprint density at radius 1 is 0.926 bits per heavy atom. The smallest absolute Gasteiger partial charge is 0.267 e. The van der Waals surface area contributed by atoms with Crippen molar-refractivity contribution in [2.45, 2.75) is 51.4 Å². The summed E-state index contributed by atoms with van der Waals surface area (Å²) in [4.78, 5) is 11.0. The predicted molar refractivity (Wildman–Crippen MR) is 110 cm³/mol. The van der Waals surface area contributed by atoms with E-state index in [4.69, 9.17) is 5.21 Å². The van der Waals surface area contributed by atoms with Gasteiger partial charge in [0.05, 0.1) is 0 Å². The molecule has 142 valence electrons. The van der Waals surface area contributed by atoms with Crippen LogP contribution < -0.4 is 10.8 Å². The van der Waals surface area contributed by atoms with Crippen LogP contribution in [0.5, 0.6) is 0 Å². The van der Waals surface area contributed by atoms with E-state index in [0.29, 0.717) is 0 Å². The molecule has 0 unspecified atom stereocenters. The molecule has 0 aromatic heterocycles. The normalized spacial score (nSPS) is 17.4. The molecule has 1 aliphatic carbocycles. The molecule has 27 heavy (non-hydrogen) atoms. The van der Waals surface area contributed by atoms with E-state index in [0.717, 1.165) is 16.9 Å². The quantitative estimate of drug-likeness (QED) is 0.392. The first kappa shape index (κ1) is 19.2. The molecule has 0 heterocycles. The molecule has 4 heteroatoms. The Kier molecular flexibility index (Phi) is 5.11. The van der Waals surface area contributed by atoms with Crippen molar-refractivity contribution < 1.29 is 10.0 Å². The van der Waals surface area contributed by atoms with Gasteiger partial charge in [-0.1, -0.05) is 45.9 Å². The third-order valence-electron chi connectivity index (χ3n) is 5.59. The van der Waals surface area contributed by atoms with Crippen molar-refractivity contribution in [3.05, 3.63) is 65.2 Å². The van der Waals surface area contributed by atoms with Crippen LogP contribution in [0.3, 0.4) is 0 Å². The second-order valence-electron chi connectivity index (χ2n) is 8.58. The maximum absolute atomic E-state index is 11.0. The van der Waals surface area contributed by atoms with Crippen LogP contribution in [-0.2, 0) is 15.6 Å². The molecule has 2 aromatic rings. The minimum absolute atomic E-state index is 0.185. The number of benzene rings is 2. The number of rotatable bonds is 4. The van der Waals surface area contributed by atoms with E-state index in [9.17, 15) is 4.79 Å². The summed E-state index contributed by atoms with van der Waals surface area (Å²) in [5, 5.41) is 12.0. The van der Waals surface area contributed by atoms with Crippen LogP contribution in [0.25, 0.3) is 6.08 Å². The Labute approximate surface area is 161 Å². The third-order valence-corrected chi connectivity index (χ3v) is 5.59. The van der Waals surface area contributed by atoms with Gasteiger partial charge >= 0.3 is 0 Å². The molecule has 1 amide bonds. The lowest BCUT2D eigenvalue weighted by Crippen LogP contribution is -2.33. The van der Waals surface area contributed by atoms with Crippen LogP contribution in [-0.4, -0.2) is 11.1 Å². The highest BCUT2D eigenvalue weighted by Gasteiger charge is 2.36. The molecule has 3 rings (SSSR count). The first-order chi connectivity index (χ1) is 12.7. The van der Waals surface area contributed by atoms with Gasteiger partial charge in [0.2, 0.25) is 0 Å². The molecule has 3 N–H and O–H groups in total. The monoisotopic (exact) mass is 364 g/mol. The van der Waals surface area contributed by atoms with Crippen molar-refractivity contribution >= 4 is 23.4 Å². The van der Waals surface area contributed by atoms with E-state index >= 15 is 0 Å². The van der Waals surface area contributed by atoms with Crippen molar-refractivity contribution in [1.29, 1.82) is 0 Å². The highest BCUT2D eigenvalue weighted by Crippen LogP contribution is 2.46. The minimum atomic E-state index is -0.545.